The zero-order chi connectivity index (χ0) is 15.2. The van der Waals surface area contributed by atoms with Gasteiger partial charge in [0.05, 0.1) is 4.92 Å². The van der Waals surface area contributed by atoms with E-state index in [1.54, 1.807) is 24.3 Å². The molecule has 0 aromatic heterocycles. The minimum absolute atomic E-state index is 0.00883. The summed E-state index contributed by atoms with van der Waals surface area (Å²) in [5, 5.41) is 13.4. The van der Waals surface area contributed by atoms with Crippen LogP contribution in [0, 0.1) is 10.1 Å². The first-order valence-electron chi connectivity index (χ1n) is 6.04. The molecule has 0 radical (unpaired) electrons. The molecule has 5 nitrogen and oxygen atoms in total. The van der Waals surface area contributed by atoms with Crippen LogP contribution in [0.4, 0.5) is 11.4 Å². The third kappa shape index (κ3) is 4.54. The molecule has 1 N–H and O–H groups in total. The first kappa shape index (κ1) is 14.9. The molecular weight excluding hydrogens is 336 g/mol. The summed E-state index contributed by atoms with van der Waals surface area (Å²) in [4.78, 5) is 21.9. The van der Waals surface area contributed by atoms with E-state index in [1.165, 1.54) is 24.3 Å². The van der Waals surface area contributed by atoms with E-state index in [0.717, 1.165) is 4.47 Å². The number of carbonyl (C=O) groups excluding carboxylic acids is 1. The maximum absolute atomic E-state index is 11.7. The van der Waals surface area contributed by atoms with E-state index in [1.807, 2.05) is 12.1 Å². The van der Waals surface area contributed by atoms with Crippen LogP contribution >= 0.6 is 15.9 Å². The van der Waals surface area contributed by atoms with Crippen LogP contribution in [-0.4, -0.2) is 10.8 Å². The molecule has 21 heavy (non-hydrogen) atoms. The van der Waals surface area contributed by atoms with Gasteiger partial charge in [0.15, 0.2) is 0 Å². The van der Waals surface area contributed by atoms with E-state index in [2.05, 4.69) is 21.2 Å². The van der Waals surface area contributed by atoms with Crippen molar-refractivity contribution >= 4 is 39.3 Å². The summed E-state index contributed by atoms with van der Waals surface area (Å²) in [7, 11) is 0. The van der Waals surface area contributed by atoms with Gasteiger partial charge < -0.3 is 5.32 Å². The quantitative estimate of drug-likeness (QED) is 0.516. The van der Waals surface area contributed by atoms with Gasteiger partial charge in [0.1, 0.15) is 0 Å². The van der Waals surface area contributed by atoms with Crippen molar-refractivity contribution in [3.05, 3.63) is 74.8 Å². The highest BCUT2D eigenvalue weighted by Gasteiger charge is 2.04. The lowest BCUT2D eigenvalue weighted by Gasteiger charge is -2.01. The van der Waals surface area contributed by atoms with Crippen LogP contribution in [0.2, 0.25) is 0 Å². The highest BCUT2D eigenvalue weighted by atomic mass is 79.9. The molecule has 0 aliphatic heterocycles. The first-order valence-corrected chi connectivity index (χ1v) is 6.83. The van der Waals surface area contributed by atoms with E-state index >= 15 is 0 Å². The number of rotatable bonds is 4. The van der Waals surface area contributed by atoms with Crippen molar-refractivity contribution in [2.24, 2.45) is 0 Å². The van der Waals surface area contributed by atoms with Gasteiger partial charge in [0.25, 0.3) is 5.69 Å². The van der Waals surface area contributed by atoms with Gasteiger partial charge in [-0.15, -0.1) is 0 Å². The molecule has 1 amide bonds. The highest BCUT2D eigenvalue weighted by molar-refractivity contribution is 9.10. The molecule has 0 unspecified atom stereocenters. The van der Waals surface area contributed by atoms with Crippen LogP contribution in [0.1, 0.15) is 5.56 Å². The summed E-state index contributed by atoms with van der Waals surface area (Å²) in [5.41, 5.74) is 1.26. The summed E-state index contributed by atoms with van der Waals surface area (Å²) in [5.74, 6) is -0.302. The summed E-state index contributed by atoms with van der Waals surface area (Å²) in [6.07, 6.45) is 2.86. The Kier molecular flexibility index (Phi) is 4.84. The van der Waals surface area contributed by atoms with Gasteiger partial charge in [-0.3, -0.25) is 14.9 Å². The Hall–Kier alpha value is -2.47. The minimum Gasteiger partial charge on any atom is -0.323 e. The van der Waals surface area contributed by atoms with Crippen LogP contribution in [0.3, 0.4) is 0 Å². The molecular formula is C15H11BrN2O3. The second-order valence-electron chi connectivity index (χ2n) is 4.18. The molecule has 0 fully saturated rings. The number of amides is 1. The fourth-order valence-corrected chi connectivity index (χ4v) is 1.90. The topological polar surface area (TPSA) is 72.2 Å². The van der Waals surface area contributed by atoms with Crippen molar-refractivity contribution in [1.29, 1.82) is 0 Å². The second-order valence-corrected chi connectivity index (χ2v) is 5.10. The number of nitrogens with one attached hydrogen (secondary N) is 1. The molecule has 0 saturated carbocycles. The Balaban J connectivity index is 2.03. The van der Waals surface area contributed by atoms with Gasteiger partial charge in [-0.25, -0.2) is 0 Å². The van der Waals surface area contributed by atoms with Crippen LogP contribution in [0.25, 0.3) is 6.08 Å². The SMILES string of the molecule is O=C(C=Cc1cccc([N+](=O)[O-])c1)Nc1ccc(Br)cc1. The Morgan fingerprint density at radius 3 is 2.57 bits per heavy atom. The van der Waals surface area contributed by atoms with Crippen molar-refractivity contribution in [1.82, 2.24) is 0 Å². The van der Waals surface area contributed by atoms with Gasteiger partial charge in [0, 0.05) is 28.4 Å². The fraction of sp³-hybridized carbons (Fsp3) is 0. The van der Waals surface area contributed by atoms with Gasteiger partial charge in [0.2, 0.25) is 5.91 Å². The predicted molar refractivity (Wildman–Crippen MR) is 84.9 cm³/mol. The van der Waals surface area contributed by atoms with E-state index in [9.17, 15) is 14.9 Å². The lowest BCUT2D eigenvalue weighted by Crippen LogP contribution is -2.07. The van der Waals surface area contributed by atoms with Crippen LogP contribution in [-0.2, 0) is 4.79 Å². The number of nitro groups is 1. The van der Waals surface area contributed by atoms with Crippen molar-refractivity contribution in [2.45, 2.75) is 0 Å². The second kappa shape index (κ2) is 6.81. The number of nitro benzene ring substituents is 1. The molecule has 6 heteroatoms. The number of carbonyl (C=O) groups is 1. The average Bonchev–Trinajstić information content (AvgIpc) is 2.48. The van der Waals surface area contributed by atoms with Crippen molar-refractivity contribution in [3.8, 4) is 0 Å². The van der Waals surface area contributed by atoms with Crippen LogP contribution in [0.15, 0.2) is 59.1 Å². The van der Waals surface area contributed by atoms with Crippen molar-refractivity contribution < 1.29 is 9.72 Å². The van der Waals surface area contributed by atoms with E-state index in [4.69, 9.17) is 0 Å². The summed E-state index contributed by atoms with van der Waals surface area (Å²) < 4.78 is 0.924. The van der Waals surface area contributed by atoms with Gasteiger partial charge in [-0.05, 0) is 35.9 Å². The number of non-ortho nitro benzene ring substituents is 1. The lowest BCUT2D eigenvalue weighted by atomic mass is 10.2. The maximum atomic E-state index is 11.7. The number of hydrogen-bond donors (Lipinski definition) is 1. The summed E-state index contributed by atoms with van der Waals surface area (Å²) >= 11 is 3.31. The molecule has 106 valence electrons. The minimum atomic E-state index is -0.473. The van der Waals surface area contributed by atoms with Gasteiger partial charge >= 0.3 is 0 Å². The first-order chi connectivity index (χ1) is 10.0. The van der Waals surface area contributed by atoms with Crippen molar-refractivity contribution in [2.75, 3.05) is 5.32 Å². The Bertz CT molecular complexity index is 696. The predicted octanol–water partition coefficient (Wildman–Crippen LogP) is 4.01. The smallest absolute Gasteiger partial charge is 0.270 e. The lowest BCUT2D eigenvalue weighted by molar-refractivity contribution is -0.384. The molecule has 2 rings (SSSR count). The molecule has 0 saturated heterocycles. The molecule has 2 aromatic rings. The molecule has 2 aromatic carbocycles. The fourth-order valence-electron chi connectivity index (χ4n) is 1.63. The van der Waals surface area contributed by atoms with Crippen LogP contribution in [0.5, 0.6) is 0 Å². The third-order valence-electron chi connectivity index (χ3n) is 2.62. The molecule has 0 aliphatic carbocycles. The number of anilines is 1. The standard InChI is InChI=1S/C15H11BrN2O3/c16-12-5-7-13(8-6-12)17-15(19)9-4-11-2-1-3-14(10-11)18(20)21/h1-10H,(H,17,19). The van der Waals surface area contributed by atoms with Gasteiger partial charge in [-0.1, -0.05) is 28.1 Å². The van der Waals surface area contributed by atoms with E-state index in [0.29, 0.717) is 11.3 Å². The normalized spacial score (nSPS) is 10.5. The Morgan fingerprint density at radius 2 is 1.90 bits per heavy atom. The number of benzene rings is 2. The number of halogens is 1. The largest absolute Gasteiger partial charge is 0.323 e. The number of hydrogen-bond acceptors (Lipinski definition) is 3. The molecule has 0 bridgehead atoms. The highest BCUT2D eigenvalue weighted by Crippen LogP contribution is 2.15. The van der Waals surface area contributed by atoms with Crippen LogP contribution < -0.4 is 5.32 Å². The average molecular weight is 347 g/mol. The monoisotopic (exact) mass is 346 g/mol. The Labute approximate surface area is 129 Å². The Morgan fingerprint density at radius 1 is 1.19 bits per heavy atom. The summed E-state index contributed by atoms with van der Waals surface area (Å²) in [6, 6.07) is 13.2. The maximum Gasteiger partial charge on any atom is 0.270 e. The molecule has 0 spiro atoms. The summed E-state index contributed by atoms with van der Waals surface area (Å²) in [6.45, 7) is 0. The molecule has 0 atom stereocenters. The zero-order valence-corrected chi connectivity index (χ0v) is 12.4. The van der Waals surface area contributed by atoms with E-state index in [-0.39, 0.29) is 11.6 Å². The van der Waals surface area contributed by atoms with Crippen molar-refractivity contribution in [3.63, 3.8) is 0 Å². The molecule has 0 heterocycles. The molecule has 0 aliphatic rings. The van der Waals surface area contributed by atoms with Gasteiger partial charge in [-0.2, -0.15) is 0 Å². The van der Waals surface area contributed by atoms with E-state index < -0.39 is 4.92 Å². The number of nitrogens with zero attached hydrogens (tertiary/aromatic N) is 1. The zero-order valence-electron chi connectivity index (χ0n) is 10.8. The third-order valence-corrected chi connectivity index (χ3v) is 3.15.